The van der Waals surface area contributed by atoms with Crippen molar-refractivity contribution in [2.24, 2.45) is 0 Å². The Morgan fingerprint density at radius 1 is 0.968 bits per heavy atom. The highest BCUT2D eigenvalue weighted by molar-refractivity contribution is 6.30. The molecular formula is C23H22O8. The van der Waals surface area contributed by atoms with Gasteiger partial charge in [-0.15, -0.1) is 0 Å². The lowest BCUT2D eigenvalue weighted by Crippen LogP contribution is -2.32. The number of carbonyl (C=O) groups is 4. The minimum absolute atomic E-state index is 0.0136. The molecule has 0 aromatic heterocycles. The summed E-state index contributed by atoms with van der Waals surface area (Å²) in [5.41, 5.74) is -0.561. The van der Waals surface area contributed by atoms with Gasteiger partial charge in [-0.1, -0.05) is 6.07 Å². The van der Waals surface area contributed by atoms with E-state index in [-0.39, 0.29) is 52.2 Å². The molecule has 0 unspecified atom stereocenters. The van der Waals surface area contributed by atoms with E-state index in [1.165, 1.54) is 46.5 Å². The molecule has 0 heterocycles. The summed E-state index contributed by atoms with van der Waals surface area (Å²) in [6.07, 6.45) is 0.283. The van der Waals surface area contributed by atoms with Crippen molar-refractivity contribution in [1.82, 2.24) is 0 Å². The van der Waals surface area contributed by atoms with Gasteiger partial charge in [-0.05, 0) is 30.7 Å². The van der Waals surface area contributed by atoms with Crippen LogP contribution in [-0.4, -0.2) is 55.9 Å². The number of aldehydes is 1. The van der Waals surface area contributed by atoms with E-state index in [0.29, 0.717) is 11.8 Å². The first-order chi connectivity index (χ1) is 14.7. The predicted molar refractivity (Wildman–Crippen MR) is 109 cm³/mol. The molecule has 0 bridgehead atoms. The topological polar surface area (TPSA) is 116 Å². The molecule has 0 radical (unpaired) electrons. The second kappa shape index (κ2) is 8.31. The van der Waals surface area contributed by atoms with Crippen LogP contribution in [0.1, 0.15) is 61.1 Å². The van der Waals surface area contributed by atoms with E-state index in [4.69, 9.17) is 9.47 Å². The number of benzene rings is 2. The third-order valence-corrected chi connectivity index (χ3v) is 5.23. The maximum absolute atomic E-state index is 13.3. The highest BCUT2D eigenvalue weighted by atomic mass is 16.5. The number of fused-ring (bicyclic) bond motifs is 2. The van der Waals surface area contributed by atoms with Gasteiger partial charge >= 0.3 is 5.97 Å². The molecule has 3 rings (SSSR count). The molecule has 1 aliphatic carbocycles. The Labute approximate surface area is 178 Å². The van der Waals surface area contributed by atoms with Crippen molar-refractivity contribution in [2.45, 2.75) is 25.4 Å². The van der Waals surface area contributed by atoms with Crippen molar-refractivity contribution in [3.8, 4) is 11.5 Å². The number of esters is 1. The van der Waals surface area contributed by atoms with Gasteiger partial charge in [0, 0.05) is 17.5 Å². The second-order valence-electron chi connectivity index (χ2n) is 7.49. The lowest BCUT2D eigenvalue weighted by Gasteiger charge is -2.26. The summed E-state index contributed by atoms with van der Waals surface area (Å²) in [7, 11) is 3.91. The second-order valence-corrected chi connectivity index (χ2v) is 7.49. The molecule has 2 aromatic carbocycles. The van der Waals surface area contributed by atoms with E-state index in [0.717, 1.165) is 0 Å². The molecule has 1 atom stereocenters. The van der Waals surface area contributed by atoms with Crippen LogP contribution >= 0.6 is 0 Å². The minimum atomic E-state index is -1.46. The van der Waals surface area contributed by atoms with Crippen molar-refractivity contribution < 1.29 is 38.5 Å². The molecule has 0 saturated heterocycles. The van der Waals surface area contributed by atoms with Crippen molar-refractivity contribution in [2.75, 3.05) is 21.3 Å². The molecular weight excluding hydrogens is 404 g/mol. The van der Waals surface area contributed by atoms with E-state index in [1.807, 2.05) is 0 Å². The van der Waals surface area contributed by atoms with Gasteiger partial charge in [0.15, 0.2) is 17.9 Å². The fraction of sp³-hybridized carbons (Fsp3) is 0.304. The van der Waals surface area contributed by atoms with E-state index < -0.39 is 23.1 Å². The van der Waals surface area contributed by atoms with E-state index in [2.05, 4.69) is 4.74 Å². The number of rotatable bonds is 7. The molecule has 162 valence electrons. The maximum atomic E-state index is 13.3. The average Bonchev–Trinajstić information content (AvgIpc) is 2.75. The molecule has 2 aromatic rings. The van der Waals surface area contributed by atoms with Crippen molar-refractivity contribution in [1.29, 1.82) is 0 Å². The molecule has 0 saturated carbocycles. The fourth-order valence-electron chi connectivity index (χ4n) is 3.86. The van der Waals surface area contributed by atoms with Gasteiger partial charge in [0.05, 0.1) is 50.0 Å². The van der Waals surface area contributed by atoms with E-state index in [1.54, 1.807) is 6.07 Å². The number of hydrogen-bond acceptors (Lipinski definition) is 8. The van der Waals surface area contributed by atoms with Gasteiger partial charge in [0.2, 0.25) is 0 Å². The Balaban J connectivity index is 2.14. The third-order valence-electron chi connectivity index (χ3n) is 5.23. The smallest absolute Gasteiger partial charge is 0.308 e. The zero-order valence-corrected chi connectivity index (χ0v) is 17.6. The lowest BCUT2D eigenvalue weighted by molar-refractivity contribution is -0.145. The molecule has 1 aliphatic rings. The number of aliphatic hydroxyl groups is 1. The van der Waals surface area contributed by atoms with Gasteiger partial charge in [-0.3, -0.25) is 19.2 Å². The van der Waals surface area contributed by atoms with Crippen molar-refractivity contribution in [3.05, 3.63) is 57.6 Å². The molecule has 0 amide bonds. The Kier molecular flexibility index (Phi) is 5.94. The minimum Gasteiger partial charge on any atom is -0.496 e. The first-order valence-corrected chi connectivity index (χ1v) is 9.43. The van der Waals surface area contributed by atoms with Crippen molar-refractivity contribution >= 4 is 23.8 Å². The van der Waals surface area contributed by atoms with Crippen LogP contribution in [-0.2, 0) is 16.0 Å². The summed E-state index contributed by atoms with van der Waals surface area (Å²) < 4.78 is 15.3. The molecule has 8 heteroatoms. The van der Waals surface area contributed by atoms with Gasteiger partial charge in [0.1, 0.15) is 11.5 Å². The summed E-state index contributed by atoms with van der Waals surface area (Å²) in [4.78, 5) is 49.5. The Hall–Kier alpha value is -3.52. The first-order valence-electron chi connectivity index (χ1n) is 9.43. The molecule has 1 N–H and O–H groups in total. The first kappa shape index (κ1) is 22.2. The number of hydrogen-bond donors (Lipinski definition) is 1. The monoisotopic (exact) mass is 426 g/mol. The molecule has 31 heavy (non-hydrogen) atoms. The van der Waals surface area contributed by atoms with Gasteiger partial charge in [0.25, 0.3) is 0 Å². The van der Waals surface area contributed by atoms with Gasteiger partial charge in [-0.25, -0.2) is 0 Å². The predicted octanol–water partition coefficient (Wildman–Crippen LogP) is 2.15. The summed E-state index contributed by atoms with van der Waals surface area (Å²) in [5.74, 6) is -1.34. The standard InChI is InChI=1S/C23H22O8/c1-23(28,10-16(25)29-2)9-12-5-7-14-17(21(12)30-3)19(26)15-8-6-13(11-24)22(31-4)18(15)20(14)27/h5-8,11,28H,9-10H2,1-4H3/t23-/m1/s1. The average molecular weight is 426 g/mol. The van der Waals surface area contributed by atoms with Crippen LogP contribution in [0.3, 0.4) is 0 Å². The summed E-state index contributed by atoms with van der Waals surface area (Å²) in [6, 6.07) is 5.86. The number of ketones is 2. The Morgan fingerprint density at radius 3 is 2.03 bits per heavy atom. The molecule has 0 spiro atoms. The number of ether oxygens (including phenoxy) is 3. The zero-order valence-electron chi connectivity index (χ0n) is 17.6. The lowest BCUT2D eigenvalue weighted by atomic mass is 9.80. The highest BCUT2D eigenvalue weighted by Gasteiger charge is 2.37. The van der Waals surface area contributed by atoms with Crippen LogP contribution < -0.4 is 9.47 Å². The summed E-state index contributed by atoms with van der Waals surface area (Å²) >= 11 is 0. The van der Waals surface area contributed by atoms with Crippen LogP contribution in [0.15, 0.2) is 24.3 Å². The SMILES string of the molecule is COC(=O)C[C@](C)(O)Cc1ccc2c(c1OC)C(=O)c1ccc(C=O)c(OC)c1C2=O. The molecule has 0 aliphatic heterocycles. The zero-order chi connectivity index (χ0) is 22.9. The molecule has 0 fully saturated rings. The van der Waals surface area contributed by atoms with Crippen molar-refractivity contribution in [3.63, 3.8) is 0 Å². The quantitative estimate of drug-likeness (QED) is 0.451. The van der Waals surface area contributed by atoms with Gasteiger partial charge < -0.3 is 19.3 Å². The highest BCUT2D eigenvalue weighted by Crippen LogP contribution is 2.40. The molecule has 8 nitrogen and oxygen atoms in total. The normalized spacial score (nSPS) is 14.2. The fourth-order valence-corrected chi connectivity index (χ4v) is 3.86. The van der Waals surface area contributed by atoms with E-state index in [9.17, 15) is 24.3 Å². The van der Waals surface area contributed by atoms with E-state index >= 15 is 0 Å². The Morgan fingerprint density at radius 2 is 1.52 bits per heavy atom. The van der Waals surface area contributed by atoms with Crippen LogP contribution in [0, 0.1) is 0 Å². The van der Waals surface area contributed by atoms with Crippen LogP contribution in [0.2, 0.25) is 0 Å². The summed E-state index contributed by atoms with van der Waals surface area (Å²) in [5, 5.41) is 10.6. The van der Waals surface area contributed by atoms with Crippen LogP contribution in [0.5, 0.6) is 11.5 Å². The maximum Gasteiger partial charge on any atom is 0.308 e. The van der Waals surface area contributed by atoms with Crippen LogP contribution in [0.25, 0.3) is 0 Å². The third kappa shape index (κ3) is 3.82. The summed E-state index contributed by atoms with van der Waals surface area (Å²) in [6.45, 7) is 1.47. The number of carbonyl (C=O) groups excluding carboxylic acids is 4. The Bertz CT molecular complexity index is 1100. The van der Waals surface area contributed by atoms with Crippen LogP contribution in [0.4, 0.5) is 0 Å². The van der Waals surface area contributed by atoms with Gasteiger partial charge in [-0.2, -0.15) is 0 Å². The largest absolute Gasteiger partial charge is 0.496 e. The number of methoxy groups -OCH3 is 3.